The predicted octanol–water partition coefficient (Wildman–Crippen LogP) is 12.1. The summed E-state index contributed by atoms with van der Waals surface area (Å²) >= 11 is 0. The number of nitrogens with zero attached hydrogens (tertiary/aromatic N) is 1. The third-order valence-electron chi connectivity index (χ3n) is 24.2. The minimum Gasteiger partial charge on any atom is -0.393 e. The number of aliphatic hydroxyl groups excluding tert-OH is 4. The Hall–Kier alpha value is -1.34. The Morgan fingerprint density at radius 1 is 0.616 bits per heavy atom. The Morgan fingerprint density at radius 2 is 1.07 bits per heavy atom. The summed E-state index contributed by atoms with van der Waals surface area (Å²) < 4.78 is 50.4. The maximum absolute atomic E-state index is 12.9. The van der Waals surface area contributed by atoms with E-state index in [2.05, 4.69) is 55.4 Å². The molecule has 0 amide bonds. The second-order valence-electron chi connectivity index (χ2n) is 27.7. The van der Waals surface area contributed by atoms with Crippen LogP contribution in [0, 0.1) is 105 Å². The molecule has 0 radical (unpaired) electrons. The van der Waals surface area contributed by atoms with Gasteiger partial charge in [-0.05, 0) is 213 Å². The van der Waals surface area contributed by atoms with Gasteiger partial charge in [-0.2, -0.15) is 0 Å². The van der Waals surface area contributed by atoms with Gasteiger partial charge in [0.1, 0.15) is 0 Å². The normalized spacial score (nSPS) is 45.2. The van der Waals surface area contributed by atoms with E-state index in [0.717, 1.165) is 76.2 Å². The molecule has 8 aliphatic carbocycles. The molecule has 0 saturated heterocycles. The van der Waals surface area contributed by atoms with Crippen molar-refractivity contribution in [3.05, 3.63) is 47.4 Å². The van der Waals surface area contributed by atoms with E-state index in [-0.39, 0.29) is 51.8 Å². The van der Waals surface area contributed by atoms with Gasteiger partial charge in [-0.3, -0.25) is 0 Å². The third kappa shape index (κ3) is 11.0. The van der Waals surface area contributed by atoms with Crippen LogP contribution in [0.2, 0.25) is 0 Å². The first-order valence-corrected chi connectivity index (χ1v) is 33.5. The second kappa shape index (κ2) is 22.4. The van der Waals surface area contributed by atoms with Crippen molar-refractivity contribution >= 4 is 19.9 Å². The van der Waals surface area contributed by atoms with Gasteiger partial charge in [0.25, 0.3) is 0 Å². The highest BCUT2D eigenvalue weighted by atomic mass is 32.2. The summed E-state index contributed by atoms with van der Waals surface area (Å²) in [5, 5.41) is 46.1. The fraction of sp³-hybridized carbons (Fsp3) is 0.871. The minimum absolute atomic E-state index is 0.198. The molecular weight excluding hydrogens is 951 g/mol. The van der Waals surface area contributed by atoms with Crippen LogP contribution in [0.15, 0.2) is 41.8 Å². The molecule has 0 bridgehead atoms. The zero-order valence-corrected chi connectivity index (χ0v) is 48.8. The van der Waals surface area contributed by atoms with E-state index < -0.39 is 19.9 Å². The van der Waals surface area contributed by atoms with Gasteiger partial charge < -0.3 is 20.4 Å². The van der Waals surface area contributed by atoms with Crippen molar-refractivity contribution in [3.8, 4) is 0 Å². The van der Waals surface area contributed by atoms with Crippen LogP contribution in [-0.4, -0.2) is 85.0 Å². The molecule has 0 spiro atoms. The van der Waals surface area contributed by atoms with Gasteiger partial charge in [-0.15, -0.1) is 0 Å². The van der Waals surface area contributed by atoms with Crippen LogP contribution < -0.4 is 0 Å². The van der Waals surface area contributed by atoms with Gasteiger partial charge in [-0.25, -0.2) is 21.1 Å². The molecule has 9 rings (SSSR count). The lowest BCUT2D eigenvalue weighted by molar-refractivity contribution is -0.203. The highest BCUT2D eigenvalue weighted by Gasteiger charge is 2.67. The molecule has 11 heteroatoms. The molecule has 8 saturated carbocycles. The number of sulfone groups is 1. The molecule has 0 aromatic heterocycles. The van der Waals surface area contributed by atoms with Gasteiger partial charge >= 0.3 is 0 Å². The van der Waals surface area contributed by atoms with Crippen molar-refractivity contribution in [2.75, 3.05) is 19.1 Å². The van der Waals surface area contributed by atoms with E-state index in [4.69, 9.17) is 0 Å². The summed E-state index contributed by atoms with van der Waals surface area (Å²) in [5.74, 6) is 6.99. The van der Waals surface area contributed by atoms with E-state index in [1.807, 2.05) is 36.4 Å². The summed E-state index contributed by atoms with van der Waals surface area (Å²) in [4.78, 5) is 0. The molecule has 0 unspecified atom stereocenters. The van der Waals surface area contributed by atoms with E-state index in [9.17, 15) is 37.3 Å². The number of hydrogen-bond donors (Lipinski definition) is 4. The summed E-state index contributed by atoms with van der Waals surface area (Å²) in [6.45, 7) is 19.6. The van der Waals surface area contributed by atoms with Crippen LogP contribution in [0.3, 0.4) is 0 Å². The van der Waals surface area contributed by atoms with Crippen LogP contribution in [0.5, 0.6) is 0 Å². The number of unbranched alkanes of at least 4 members (excludes halogenated alkanes) is 1. The summed E-state index contributed by atoms with van der Waals surface area (Å²) in [6.07, 6.45) is 23.3. The number of allylic oxidation sites excluding steroid dienone is 1. The highest BCUT2D eigenvalue weighted by molar-refractivity contribution is 7.93. The SMILES string of the molecule is CC[C@H]1[C@@H](O)[C@@H]2[C@H](CC[C@]3(C)[C@@H]([C@H](C)C/C=C/S(C)(=O)=O)CC[C@@H]23)[C@@]2(C)CC[C@@H](O)C[C@@H]12.CC[C@H]1[C@@H](O)[C@@H]2[C@H](CC[C@]3(C)[C@@H]([C@H](C)CCCCS(=O)(=O)N(C)Cc4ccccc4)CC[C@@H]23)[C@@]2(C)CC[C@@H](O)C[C@@H]12. The van der Waals surface area contributed by atoms with Crippen molar-refractivity contribution in [2.24, 2.45) is 105 Å². The van der Waals surface area contributed by atoms with E-state index in [0.29, 0.717) is 95.8 Å². The fourth-order valence-corrected chi connectivity index (χ4v) is 22.2. The first-order chi connectivity index (χ1) is 34.3. The molecule has 4 N–H and O–H groups in total. The fourth-order valence-electron chi connectivity index (χ4n) is 20.5. The molecule has 9 nitrogen and oxygen atoms in total. The van der Waals surface area contributed by atoms with Gasteiger partial charge in [0.05, 0.1) is 30.2 Å². The Balaban J connectivity index is 0.000000201. The van der Waals surface area contributed by atoms with Crippen LogP contribution in [-0.2, 0) is 26.4 Å². The van der Waals surface area contributed by atoms with Gasteiger partial charge in [0.2, 0.25) is 10.0 Å². The lowest BCUT2D eigenvalue weighted by Gasteiger charge is -2.64. The Kier molecular flexibility index (Phi) is 17.8. The Bertz CT molecular complexity index is 2260. The standard InChI is InChI=1S/C35H57NO4S.C27H46O4S/c1-6-27-31-22-26(37)17-19-35(31,4)30-18-20-34(3)28(15-16-29(34)32(30)33(27)38)24(2)12-10-11-21-41(39,40)36(5)23-25-13-8-7-9-14-25;1-6-19-23-16-18(28)11-13-27(23,4)22-12-14-26(3)20(9-10-21(26)24(22)25(19)29)17(2)8-7-15-32(5,30)31/h7-9,13-14,24,26-33,37-38H,6,10-12,15-23H2,1-5H3;7,15,17-25,28-29H,6,8-14,16H2,1-5H3/b;15-7+/t24-,26-,27-,28-,29+,30+,31+,32+,33-,34-,35-;17-,18-,19-,20-,21+,22+,23+,24+,25-,26-,27-/m11/s1. The van der Waals surface area contributed by atoms with Crippen molar-refractivity contribution in [3.63, 3.8) is 0 Å². The van der Waals surface area contributed by atoms with Crippen molar-refractivity contribution in [1.82, 2.24) is 4.31 Å². The summed E-state index contributed by atoms with van der Waals surface area (Å²) in [7, 11) is -4.63. The van der Waals surface area contributed by atoms with E-state index >= 15 is 0 Å². The molecule has 22 atom stereocenters. The largest absolute Gasteiger partial charge is 0.393 e. The first kappa shape index (κ1) is 57.8. The average Bonchev–Trinajstić information content (AvgIpc) is 3.88. The molecule has 0 aliphatic heterocycles. The van der Waals surface area contributed by atoms with E-state index in [1.54, 1.807) is 7.05 Å². The first-order valence-electron chi connectivity index (χ1n) is 29.9. The number of benzene rings is 1. The molecule has 73 heavy (non-hydrogen) atoms. The van der Waals surface area contributed by atoms with Crippen LogP contribution in [0.4, 0.5) is 0 Å². The van der Waals surface area contributed by atoms with Crippen molar-refractivity contribution in [2.45, 2.75) is 215 Å². The van der Waals surface area contributed by atoms with Gasteiger partial charge in [0, 0.05) is 25.3 Å². The third-order valence-corrected chi connectivity index (χ3v) is 26.8. The van der Waals surface area contributed by atoms with Crippen LogP contribution >= 0.6 is 0 Å². The summed E-state index contributed by atoms with van der Waals surface area (Å²) in [6, 6.07) is 9.81. The highest BCUT2D eigenvalue weighted by Crippen LogP contribution is 2.71. The van der Waals surface area contributed by atoms with Gasteiger partial charge in [-0.1, -0.05) is 117 Å². The average molecular weight is 1050 g/mol. The van der Waals surface area contributed by atoms with Crippen LogP contribution in [0.25, 0.3) is 0 Å². The molecule has 0 heterocycles. The Labute approximate surface area is 444 Å². The number of fused-ring (bicyclic) bond motifs is 10. The predicted molar refractivity (Wildman–Crippen MR) is 296 cm³/mol. The van der Waals surface area contributed by atoms with Crippen molar-refractivity contribution in [1.29, 1.82) is 0 Å². The number of hydrogen-bond acceptors (Lipinski definition) is 8. The quantitative estimate of drug-likeness (QED) is 0.127. The lowest BCUT2D eigenvalue weighted by Crippen LogP contribution is -2.62. The number of sulfonamides is 1. The molecule has 1 aromatic rings. The maximum atomic E-state index is 12.9. The number of aliphatic hydroxyl groups is 4. The number of rotatable bonds is 15. The minimum atomic E-state index is -3.26. The topological polar surface area (TPSA) is 152 Å². The van der Waals surface area contributed by atoms with E-state index in [1.165, 1.54) is 67.3 Å². The lowest BCUT2D eigenvalue weighted by atomic mass is 9.41. The smallest absolute Gasteiger partial charge is 0.214 e. The van der Waals surface area contributed by atoms with Crippen molar-refractivity contribution < 1.29 is 37.3 Å². The maximum Gasteiger partial charge on any atom is 0.214 e. The monoisotopic (exact) mass is 1050 g/mol. The zero-order chi connectivity index (χ0) is 53.1. The van der Waals surface area contributed by atoms with Crippen LogP contribution in [0.1, 0.15) is 189 Å². The molecule has 416 valence electrons. The second-order valence-corrected chi connectivity index (χ2v) is 31.8. The van der Waals surface area contributed by atoms with Gasteiger partial charge in [0.15, 0.2) is 9.84 Å². The Morgan fingerprint density at radius 3 is 1.53 bits per heavy atom. The molecule has 8 aliphatic rings. The molecule has 1 aromatic carbocycles. The molecular formula is C62H103NO8S2. The zero-order valence-electron chi connectivity index (χ0n) is 47.2. The molecule has 8 fully saturated rings. The summed E-state index contributed by atoms with van der Waals surface area (Å²) in [5.41, 5.74) is 2.00.